The highest BCUT2D eigenvalue weighted by Crippen LogP contribution is 2.24. The fraction of sp³-hybridized carbons (Fsp3) is 0.421. The van der Waals surface area contributed by atoms with Crippen molar-refractivity contribution in [1.82, 2.24) is 15.1 Å². The first-order valence-electron chi connectivity index (χ1n) is 8.61. The molecule has 0 aliphatic carbocycles. The van der Waals surface area contributed by atoms with Crippen molar-refractivity contribution >= 4 is 11.7 Å². The highest BCUT2D eigenvalue weighted by Gasteiger charge is 2.29. The van der Waals surface area contributed by atoms with Gasteiger partial charge in [-0.25, -0.2) is 4.39 Å². The largest absolute Gasteiger partial charge is 0.353 e. The maximum absolute atomic E-state index is 13.4. The number of likely N-dealkylation sites (N-methyl/N-ethyl adjacent to an activating group) is 1. The summed E-state index contributed by atoms with van der Waals surface area (Å²) in [5.74, 6) is 0.168. The lowest BCUT2D eigenvalue weighted by atomic mass is 9.97. The lowest BCUT2D eigenvalue weighted by Crippen LogP contribution is -2.49. The molecule has 0 N–H and O–H groups in total. The third-order valence-corrected chi connectivity index (χ3v) is 4.89. The lowest BCUT2D eigenvalue weighted by Gasteiger charge is -2.38. The van der Waals surface area contributed by atoms with E-state index < -0.39 is 0 Å². The Kier molecular flexibility index (Phi) is 5.26. The number of carbonyl (C=O) groups excluding carboxylic acids is 1. The third kappa shape index (κ3) is 3.95. The van der Waals surface area contributed by atoms with Crippen molar-refractivity contribution in [3.8, 4) is 0 Å². The number of benzene rings is 1. The van der Waals surface area contributed by atoms with Crippen LogP contribution in [0, 0.1) is 5.82 Å². The number of rotatable bonds is 4. The van der Waals surface area contributed by atoms with Crippen LogP contribution in [0.15, 0.2) is 42.6 Å². The molecule has 1 fully saturated rings. The molecule has 1 aliphatic heterocycles. The maximum Gasteiger partial charge on any atom is 0.229 e. The Balaban J connectivity index is 1.69. The van der Waals surface area contributed by atoms with E-state index in [0.717, 1.165) is 31.7 Å². The molecule has 1 amide bonds. The predicted molar refractivity (Wildman–Crippen MR) is 94.9 cm³/mol. The van der Waals surface area contributed by atoms with Gasteiger partial charge in [-0.15, -0.1) is 5.10 Å². The minimum Gasteiger partial charge on any atom is -0.353 e. The quantitative estimate of drug-likeness (QED) is 0.857. The number of hydrogen-bond acceptors (Lipinski definition) is 4. The summed E-state index contributed by atoms with van der Waals surface area (Å²) in [4.78, 5) is 16.8. The van der Waals surface area contributed by atoms with Gasteiger partial charge in [-0.3, -0.25) is 4.79 Å². The molecule has 0 saturated carbocycles. The number of halogens is 1. The van der Waals surface area contributed by atoms with Gasteiger partial charge in [0.25, 0.3) is 0 Å². The monoisotopic (exact) mass is 342 g/mol. The molecule has 132 valence electrons. The van der Waals surface area contributed by atoms with Gasteiger partial charge in [0.2, 0.25) is 5.91 Å². The van der Waals surface area contributed by atoms with E-state index >= 15 is 0 Å². The molecule has 1 aliphatic rings. The third-order valence-electron chi connectivity index (χ3n) is 4.89. The second kappa shape index (κ2) is 7.59. The Bertz CT molecular complexity index is 724. The van der Waals surface area contributed by atoms with E-state index in [2.05, 4.69) is 15.1 Å². The van der Waals surface area contributed by atoms with E-state index in [1.807, 2.05) is 26.1 Å². The Morgan fingerprint density at radius 1 is 1.36 bits per heavy atom. The first kappa shape index (κ1) is 17.3. The number of nitrogens with zero attached hydrogens (tertiary/aromatic N) is 4. The van der Waals surface area contributed by atoms with E-state index in [1.165, 1.54) is 12.1 Å². The van der Waals surface area contributed by atoms with E-state index in [0.29, 0.717) is 5.56 Å². The molecule has 2 aromatic rings. The van der Waals surface area contributed by atoms with Crippen molar-refractivity contribution in [2.45, 2.75) is 31.7 Å². The fourth-order valence-electron chi connectivity index (χ4n) is 3.34. The molecular weight excluding hydrogens is 319 g/mol. The van der Waals surface area contributed by atoms with Crippen molar-refractivity contribution in [2.24, 2.45) is 0 Å². The molecule has 3 rings (SSSR count). The summed E-state index contributed by atoms with van der Waals surface area (Å²) in [5, 5.41) is 8.10. The van der Waals surface area contributed by atoms with Gasteiger partial charge in [0.05, 0.1) is 5.92 Å². The molecule has 1 saturated heterocycles. The van der Waals surface area contributed by atoms with Crippen molar-refractivity contribution in [1.29, 1.82) is 0 Å². The summed E-state index contributed by atoms with van der Waals surface area (Å²) in [6, 6.07) is 10.2. The average Bonchev–Trinajstić information content (AvgIpc) is 2.67. The van der Waals surface area contributed by atoms with E-state index in [-0.39, 0.29) is 23.7 Å². The van der Waals surface area contributed by atoms with Crippen LogP contribution in [0.3, 0.4) is 0 Å². The molecule has 6 heteroatoms. The van der Waals surface area contributed by atoms with Gasteiger partial charge < -0.3 is 9.80 Å². The summed E-state index contributed by atoms with van der Waals surface area (Å²) in [5.41, 5.74) is 0.707. The van der Waals surface area contributed by atoms with E-state index in [4.69, 9.17) is 0 Å². The zero-order chi connectivity index (χ0) is 17.8. The van der Waals surface area contributed by atoms with Crippen molar-refractivity contribution in [3.63, 3.8) is 0 Å². The van der Waals surface area contributed by atoms with Crippen LogP contribution in [-0.2, 0) is 4.79 Å². The van der Waals surface area contributed by atoms with Gasteiger partial charge >= 0.3 is 0 Å². The second-order valence-electron chi connectivity index (χ2n) is 6.55. The Morgan fingerprint density at radius 3 is 2.92 bits per heavy atom. The van der Waals surface area contributed by atoms with E-state index in [9.17, 15) is 9.18 Å². The molecule has 0 radical (unpaired) electrons. The summed E-state index contributed by atoms with van der Waals surface area (Å²) in [6.45, 7) is 3.48. The normalized spacial score (nSPS) is 18.7. The van der Waals surface area contributed by atoms with Gasteiger partial charge in [0.15, 0.2) is 5.82 Å². The Morgan fingerprint density at radius 2 is 2.20 bits per heavy atom. The molecule has 1 aromatic carbocycles. The molecule has 0 bridgehead atoms. The zero-order valence-corrected chi connectivity index (χ0v) is 14.6. The topological polar surface area (TPSA) is 49.3 Å². The predicted octanol–water partition coefficient (Wildman–Crippen LogP) is 2.85. The maximum atomic E-state index is 13.4. The summed E-state index contributed by atoms with van der Waals surface area (Å²) in [7, 11) is 1.84. The van der Waals surface area contributed by atoms with Crippen LogP contribution in [0.5, 0.6) is 0 Å². The van der Waals surface area contributed by atoms with Crippen LogP contribution >= 0.6 is 0 Å². The van der Waals surface area contributed by atoms with Crippen molar-refractivity contribution in [2.75, 3.05) is 25.0 Å². The zero-order valence-electron chi connectivity index (χ0n) is 14.6. The number of amides is 1. The molecule has 2 atom stereocenters. The molecule has 2 unspecified atom stereocenters. The summed E-state index contributed by atoms with van der Waals surface area (Å²) >= 11 is 0. The summed E-state index contributed by atoms with van der Waals surface area (Å²) in [6.07, 6.45) is 3.60. The Labute approximate surface area is 147 Å². The fourth-order valence-corrected chi connectivity index (χ4v) is 3.34. The van der Waals surface area contributed by atoms with Gasteiger partial charge in [-0.1, -0.05) is 12.1 Å². The first-order chi connectivity index (χ1) is 12.1. The van der Waals surface area contributed by atoms with Crippen LogP contribution in [0.25, 0.3) is 0 Å². The second-order valence-corrected chi connectivity index (χ2v) is 6.55. The SMILES string of the molecule is CC(C(=O)N(C)C1CCCN(c2cccnn2)C1)c1cccc(F)c1. The number of carbonyl (C=O) groups is 1. The van der Waals surface area contributed by atoms with Gasteiger partial charge in [0, 0.05) is 32.4 Å². The number of piperidine rings is 1. The molecule has 25 heavy (non-hydrogen) atoms. The standard InChI is InChI=1S/C19H23FN4O/c1-14(15-6-3-7-16(20)12-15)19(25)23(2)17-8-5-11-24(13-17)18-9-4-10-21-22-18/h3-4,6-7,9-10,12,14,17H,5,8,11,13H2,1-2H3. The van der Waals surface area contributed by atoms with Gasteiger partial charge in [-0.2, -0.15) is 5.10 Å². The molecule has 2 heterocycles. The van der Waals surface area contributed by atoms with Crippen LogP contribution < -0.4 is 4.90 Å². The first-order valence-corrected chi connectivity index (χ1v) is 8.61. The van der Waals surface area contributed by atoms with Crippen LogP contribution in [0.4, 0.5) is 10.2 Å². The average molecular weight is 342 g/mol. The lowest BCUT2D eigenvalue weighted by molar-refractivity contribution is -0.133. The van der Waals surface area contributed by atoms with Crippen molar-refractivity contribution < 1.29 is 9.18 Å². The number of aromatic nitrogens is 2. The van der Waals surface area contributed by atoms with E-state index in [1.54, 1.807) is 23.2 Å². The Hall–Kier alpha value is -2.50. The van der Waals surface area contributed by atoms with Gasteiger partial charge in [-0.05, 0) is 49.6 Å². The number of anilines is 1. The van der Waals surface area contributed by atoms with Crippen molar-refractivity contribution in [3.05, 3.63) is 54.0 Å². The number of hydrogen-bond donors (Lipinski definition) is 0. The molecule has 0 spiro atoms. The highest BCUT2D eigenvalue weighted by atomic mass is 19.1. The molecule has 1 aromatic heterocycles. The van der Waals surface area contributed by atoms with Crippen LogP contribution in [0.2, 0.25) is 0 Å². The van der Waals surface area contributed by atoms with Crippen LogP contribution in [0.1, 0.15) is 31.2 Å². The molecular formula is C19H23FN4O. The highest BCUT2D eigenvalue weighted by molar-refractivity contribution is 5.83. The molecule has 5 nitrogen and oxygen atoms in total. The summed E-state index contributed by atoms with van der Waals surface area (Å²) < 4.78 is 13.4. The van der Waals surface area contributed by atoms with Gasteiger partial charge in [0.1, 0.15) is 5.82 Å². The minimum atomic E-state index is -0.368. The minimum absolute atomic E-state index is 0.0107. The van der Waals surface area contributed by atoms with Crippen LogP contribution in [-0.4, -0.2) is 47.2 Å². The smallest absolute Gasteiger partial charge is 0.229 e.